The zero-order valence-electron chi connectivity index (χ0n) is 52.9. The standard InChI is InChI=1S/C23H24F5N3O2S.C22H23F5N4O2S.C21H24F2N4O2S/c1-34(33)10-6-15(7-11-34)22(32)31-9-8-30(21-5-2-16(13-29-21)23(26,27)28)14-20(31)18-4-3-17(24)12-19(18)25;1-34(33)8-4-14(5-9-34)21(32)31-7-6-30(20-12-28-19(11-29-20)22(25,26)27)13-18(31)16-3-2-15(23)10-17(16)24;1-30(29)11-5-15(6-12-30)20(28)27-10-9-26(21-24-7-2-8-25-21)14-19(27)17-4-3-16(22)13-18(17)23/h2-5,12-13,15,20H,1,6-11,14H2;2-3,10-12,14,18H,1,4-9,13H2;2-4,7-8,13,15,19H,1,5-6,9-12,14H2. The van der Waals surface area contributed by atoms with E-state index in [2.05, 4.69) is 42.5 Å². The monoisotopic (exact) mass is 1440 g/mol. The summed E-state index contributed by atoms with van der Waals surface area (Å²) in [6.45, 7) is 2.14. The molecule has 6 aliphatic rings. The van der Waals surface area contributed by atoms with E-state index in [-0.39, 0.29) is 103 Å². The number of amides is 3. The van der Waals surface area contributed by atoms with Crippen molar-refractivity contribution in [3.8, 4) is 0 Å². The van der Waals surface area contributed by atoms with E-state index < -0.39 is 105 Å². The Morgan fingerprint density at radius 1 is 0.418 bits per heavy atom. The highest BCUT2D eigenvalue weighted by Gasteiger charge is 2.43. The molecule has 0 spiro atoms. The van der Waals surface area contributed by atoms with E-state index in [1.807, 2.05) is 4.90 Å². The van der Waals surface area contributed by atoms with Gasteiger partial charge in [0.25, 0.3) is 0 Å². The lowest BCUT2D eigenvalue weighted by Gasteiger charge is -2.44. The van der Waals surface area contributed by atoms with Gasteiger partial charge in [-0.3, -0.25) is 27.0 Å². The number of piperazine rings is 3. The predicted octanol–water partition coefficient (Wildman–Crippen LogP) is 9.46. The van der Waals surface area contributed by atoms with E-state index in [4.69, 9.17) is 0 Å². The van der Waals surface area contributed by atoms with Gasteiger partial charge in [-0.05, 0) is 121 Å². The number of halogens is 12. The molecule has 0 N–H and O–H groups in total. The number of rotatable bonds is 9. The minimum atomic E-state index is -4.63. The van der Waals surface area contributed by atoms with Crippen LogP contribution in [0.4, 0.5) is 70.3 Å². The van der Waals surface area contributed by atoms with Crippen molar-refractivity contribution >= 4 is 81.5 Å². The molecule has 3 aromatic heterocycles. The van der Waals surface area contributed by atoms with Crippen LogP contribution in [0.2, 0.25) is 0 Å². The molecule has 32 heteroatoms. The number of benzene rings is 3. The first-order valence-electron chi connectivity index (χ1n) is 31.4. The first-order valence-corrected chi connectivity index (χ1v) is 37.6. The summed E-state index contributed by atoms with van der Waals surface area (Å²) in [5.74, 6) is 8.29. The van der Waals surface area contributed by atoms with Crippen LogP contribution in [0.25, 0.3) is 0 Å². The van der Waals surface area contributed by atoms with Crippen molar-refractivity contribution in [2.45, 2.75) is 69.0 Å². The van der Waals surface area contributed by atoms with Crippen LogP contribution >= 0.6 is 0 Å². The molecule has 6 aliphatic heterocycles. The van der Waals surface area contributed by atoms with Crippen molar-refractivity contribution in [2.24, 2.45) is 17.8 Å². The van der Waals surface area contributed by atoms with E-state index in [1.54, 1.807) is 33.2 Å². The molecule has 3 unspecified atom stereocenters. The molecular formula is C66H71F12N11O6S3. The number of hydrogen-bond acceptors (Lipinski definition) is 14. The van der Waals surface area contributed by atoms with Gasteiger partial charge in [0.05, 0.1) is 36.1 Å². The second-order valence-electron chi connectivity index (χ2n) is 25.1. The molecule has 98 heavy (non-hydrogen) atoms. The lowest BCUT2D eigenvalue weighted by molar-refractivity contribution is -0.141. The van der Waals surface area contributed by atoms with Crippen LogP contribution < -0.4 is 14.7 Å². The molecule has 3 aromatic carbocycles. The van der Waals surface area contributed by atoms with Crippen LogP contribution in [0.15, 0.2) is 104 Å². The van der Waals surface area contributed by atoms with E-state index in [0.717, 1.165) is 48.8 Å². The van der Waals surface area contributed by atoms with Crippen LogP contribution in [0.5, 0.6) is 0 Å². The number of aromatic nitrogens is 5. The van der Waals surface area contributed by atoms with Crippen molar-refractivity contribution in [1.29, 1.82) is 0 Å². The predicted molar refractivity (Wildman–Crippen MR) is 351 cm³/mol. The zero-order valence-corrected chi connectivity index (χ0v) is 55.3. The van der Waals surface area contributed by atoms with Gasteiger partial charge in [0.15, 0.2) is 5.69 Å². The van der Waals surface area contributed by atoms with E-state index in [1.165, 1.54) is 40.1 Å². The quantitative estimate of drug-likeness (QED) is 0.0984. The molecule has 0 saturated carbocycles. The smallest absolute Gasteiger partial charge is 0.352 e. The van der Waals surface area contributed by atoms with E-state index in [9.17, 15) is 79.7 Å². The Kier molecular flexibility index (Phi) is 22.1. The molecule has 3 amide bonds. The molecule has 6 fully saturated rings. The fourth-order valence-electron chi connectivity index (χ4n) is 13.0. The van der Waals surface area contributed by atoms with Crippen LogP contribution in [0.1, 0.15) is 84.6 Å². The third-order valence-corrected chi connectivity index (χ3v) is 24.4. The molecule has 6 aromatic rings. The van der Waals surface area contributed by atoms with Crippen LogP contribution in [0.3, 0.4) is 0 Å². The lowest BCUT2D eigenvalue weighted by atomic mass is 9.96. The molecule has 528 valence electrons. The number of carbonyl (C=O) groups is 3. The van der Waals surface area contributed by atoms with Gasteiger partial charge in [-0.2, -0.15) is 26.3 Å². The van der Waals surface area contributed by atoms with Crippen molar-refractivity contribution in [2.75, 3.05) is 108 Å². The van der Waals surface area contributed by atoms with Gasteiger partial charge in [0, 0.05) is 165 Å². The molecule has 6 saturated heterocycles. The van der Waals surface area contributed by atoms with E-state index >= 15 is 0 Å². The maximum atomic E-state index is 14.7. The molecule has 3 atom stereocenters. The highest BCUT2D eigenvalue weighted by atomic mass is 32.2. The van der Waals surface area contributed by atoms with Gasteiger partial charge >= 0.3 is 12.4 Å². The van der Waals surface area contributed by atoms with Gasteiger partial charge in [0.2, 0.25) is 23.7 Å². The molecule has 0 aliphatic carbocycles. The summed E-state index contributed by atoms with van der Waals surface area (Å²) in [6, 6.07) is 11.3. The summed E-state index contributed by atoms with van der Waals surface area (Å²) in [6.07, 6.45) is -0.861. The number of carbonyl (C=O) groups excluding carboxylic acids is 3. The number of hydrogen-bond donors (Lipinski definition) is 0. The van der Waals surface area contributed by atoms with Crippen LogP contribution in [-0.4, -0.2) is 181 Å². The lowest BCUT2D eigenvalue weighted by Crippen LogP contribution is -2.53. The second kappa shape index (κ2) is 29.8. The van der Waals surface area contributed by atoms with Crippen molar-refractivity contribution in [3.05, 3.63) is 167 Å². The molecular weight excluding hydrogens is 1370 g/mol. The Hall–Kier alpha value is -8.00. The number of nitrogens with zero attached hydrogens (tertiary/aromatic N) is 11. The van der Waals surface area contributed by atoms with Gasteiger partial charge in [-0.25, -0.2) is 51.3 Å². The number of pyridine rings is 1. The van der Waals surface area contributed by atoms with Gasteiger partial charge in [-0.15, -0.1) is 0 Å². The second-order valence-corrected chi connectivity index (χ2v) is 33.4. The fraction of sp³-hybridized carbons (Fsp3) is 0.439. The first-order chi connectivity index (χ1) is 46.2. The molecule has 9 heterocycles. The van der Waals surface area contributed by atoms with Crippen molar-refractivity contribution < 1.29 is 79.7 Å². The van der Waals surface area contributed by atoms with Crippen molar-refractivity contribution in [3.63, 3.8) is 0 Å². The van der Waals surface area contributed by atoms with Gasteiger partial charge in [-0.1, -0.05) is 18.2 Å². The molecule has 12 rings (SSSR count). The number of anilines is 3. The van der Waals surface area contributed by atoms with Crippen LogP contribution in [-0.2, 0) is 55.3 Å². The summed E-state index contributed by atoms with van der Waals surface area (Å²) >= 11 is 0. The summed E-state index contributed by atoms with van der Waals surface area (Å²) in [7, 11) is -6.48. The Morgan fingerprint density at radius 2 is 0.776 bits per heavy atom. The summed E-state index contributed by atoms with van der Waals surface area (Å²) in [5, 5.41) is 0. The largest absolute Gasteiger partial charge is 0.434 e. The normalized spacial score (nSPS) is 26.3. The maximum Gasteiger partial charge on any atom is 0.434 e. The minimum absolute atomic E-state index is 0.0349. The Balaban J connectivity index is 0.000000160. The minimum Gasteiger partial charge on any atom is -0.352 e. The fourth-order valence-corrected chi connectivity index (χ4v) is 17.9. The SMILES string of the molecule is C=S1(=O)CCC(C(=O)N2CCN(c3ccc(C(F)(F)F)cn3)CC2c2ccc(F)cc2F)CC1.C=S1(=O)CCC(C(=O)N2CCN(c3cnc(C(F)(F)F)cn3)CC2c2ccc(F)cc2F)CC1.C=S1(=O)CCC(C(=O)N2CCN(c3ncccn3)CC2c2ccc(F)cc2F)CC1. The zero-order chi connectivity index (χ0) is 70.6. The summed E-state index contributed by atoms with van der Waals surface area (Å²) in [4.78, 5) is 69.8. The Morgan fingerprint density at radius 3 is 1.10 bits per heavy atom. The topological polar surface area (TPSA) is 186 Å². The summed E-state index contributed by atoms with van der Waals surface area (Å²) in [5.41, 5.74) is -1.54. The third kappa shape index (κ3) is 17.7. The highest BCUT2D eigenvalue weighted by Crippen LogP contribution is 2.38. The average Bonchev–Trinajstić information content (AvgIpc) is 0.797. The average molecular weight is 1440 g/mol. The van der Waals surface area contributed by atoms with E-state index in [0.29, 0.717) is 105 Å². The van der Waals surface area contributed by atoms with Crippen molar-refractivity contribution in [1.82, 2.24) is 39.6 Å². The Labute approximate surface area is 559 Å². The molecule has 0 radical (unpaired) electrons. The summed E-state index contributed by atoms with van der Waals surface area (Å²) < 4.78 is 198. The molecule has 17 nitrogen and oxygen atoms in total. The Bertz CT molecular complexity index is 4000. The maximum absolute atomic E-state index is 14.7. The first kappa shape index (κ1) is 72.7. The highest BCUT2D eigenvalue weighted by molar-refractivity contribution is 8.00. The van der Waals surface area contributed by atoms with Crippen LogP contribution in [0, 0.1) is 52.7 Å². The number of alkyl halides is 6. The van der Waals surface area contributed by atoms with Gasteiger partial charge < -0.3 is 29.4 Å². The third-order valence-electron chi connectivity index (χ3n) is 18.5. The molecule has 0 bridgehead atoms. The van der Waals surface area contributed by atoms with Gasteiger partial charge in [0.1, 0.15) is 46.5 Å².